The molecule has 0 spiro atoms. The highest BCUT2D eigenvalue weighted by Crippen LogP contribution is 2.30. The second kappa shape index (κ2) is 53.3. The van der Waals surface area contributed by atoms with Gasteiger partial charge in [-0.15, -0.1) is 0 Å². The highest BCUT2D eigenvalue weighted by atomic mass is 16.6. The maximum absolute atomic E-state index is 14.7. The summed E-state index contributed by atoms with van der Waals surface area (Å²) < 4.78 is 23.2. The van der Waals surface area contributed by atoms with Gasteiger partial charge in [0.2, 0.25) is 65.0 Å². The first kappa shape index (κ1) is 114. The van der Waals surface area contributed by atoms with E-state index in [1.807, 2.05) is 100 Å². The van der Waals surface area contributed by atoms with Crippen LogP contribution in [0.25, 0.3) is 0 Å². The summed E-state index contributed by atoms with van der Waals surface area (Å²) >= 11 is 0. The molecule has 0 aliphatic carbocycles. The first-order chi connectivity index (χ1) is 62.4. The Morgan fingerprint density at radius 1 is 0.489 bits per heavy atom. The van der Waals surface area contributed by atoms with Crippen LogP contribution in [-0.2, 0) is 104 Å². The Morgan fingerprint density at radius 3 is 1.23 bits per heavy atom. The molecule has 4 heterocycles. The fourth-order valence-electron chi connectivity index (χ4n) is 17.2. The zero-order valence-electron chi connectivity index (χ0n) is 83.4. The van der Waals surface area contributed by atoms with E-state index in [0.29, 0.717) is 55.4 Å². The number of aliphatic hydroxyl groups is 2. The molecule has 22 atom stereocenters. The maximum atomic E-state index is 14.7. The van der Waals surface area contributed by atoms with Crippen LogP contribution >= 0.6 is 0 Å². The van der Waals surface area contributed by atoms with Crippen molar-refractivity contribution in [1.29, 1.82) is 0 Å². The number of ether oxygens (including phenoxy) is 4. The number of esters is 3. The van der Waals surface area contributed by atoms with E-state index >= 15 is 0 Å². The van der Waals surface area contributed by atoms with Crippen molar-refractivity contribution in [3.8, 4) is 5.75 Å². The number of benzene rings is 2. The SMILES string of the molecule is CC[C@H](C)[C@H]1NC(=O)C(NC(=O)[C@@H](CC(C)C)NC)[C@@H](C)OC(=O)[C@H](Cc2ccc(OC)cc2)N(C)C(=O)C2CCCN2C(=O)[C@H](CC(C)C)NC(=O)[C@@H](C)C(=O)[C@H](C(C)C)OC(=O)CC1O.CC[C@H](C)[C@H]1NC(=O)[C@@H](NC(=O)[C@@H](CC(C)C)NC)[C@@H](C)OC(=O)[C@H](Cc2ccc(C)cc2)N(C)C(=O)C2CCCN2C(=O)[C@H](CC(C)C)NC(=O)[C@@H](C)C(=O)[C@H](C(C)C)NC(=O)C[C@@H]1O. The summed E-state index contributed by atoms with van der Waals surface area (Å²) in [6, 6.07) is -0.330. The Hall–Kier alpha value is -10.00. The first-order valence-electron chi connectivity index (χ1n) is 47.7. The third-order valence-corrected chi connectivity index (χ3v) is 25.9. The van der Waals surface area contributed by atoms with Crippen LogP contribution < -0.4 is 52.6 Å². The van der Waals surface area contributed by atoms with Gasteiger partial charge in [0.25, 0.3) is 0 Å². The number of aliphatic hydroxyl groups excluding tert-OH is 2. The van der Waals surface area contributed by atoms with Crippen LogP contribution in [0.3, 0.4) is 0 Å². The van der Waals surface area contributed by atoms with Crippen molar-refractivity contribution in [3.05, 3.63) is 65.2 Å². The predicted octanol–water partition coefficient (Wildman–Crippen LogP) is 5.28. The molecule has 6 rings (SSSR count). The normalized spacial score (nSPS) is 28.0. The molecule has 4 aliphatic heterocycles. The van der Waals surface area contributed by atoms with Crippen molar-refractivity contribution < 1.29 is 106 Å². The molecule has 4 fully saturated rings. The van der Waals surface area contributed by atoms with Crippen molar-refractivity contribution >= 4 is 94.5 Å². The van der Waals surface area contributed by atoms with Gasteiger partial charge in [-0.3, -0.25) is 67.1 Å². The number of hydrogen-bond acceptors (Lipinski definition) is 24. The number of Topliss-reactive ketones (excluding diaryl/α,β-unsaturated/α-hetero) is 2. The molecular formula is C98H157N13O22. The topological polar surface area (TPSA) is 472 Å². The molecule has 35 nitrogen and oxygen atoms in total. The lowest BCUT2D eigenvalue weighted by Crippen LogP contribution is -2.61. The summed E-state index contributed by atoms with van der Waals surface area (Å²) in [6.07, 6.45) is -4.80. The quantitative estimate of drug-likeness (QED) is 0.0342. The van der Waals surface area contributed by atoms with Gasteiger partial charge in [0.15, 0.2) is 17.7 Å². The zero-order chi connectivity index (χ0) is 100. The highest BCUT2D eigenvalue weighted by Gasteiger charge is 2.49. The van der Waals surface area contributed by atoms with Gasteiger partial charge in [0.1, 0.15) is 66.3 Å². The third-order valence-electron chi connectivity index (χ3n) is 25.9. The number of carbonyl (C=O) groups excluding carboxylic acids is 16. The van der Waals surface area contributed by atoms with Gasteiger partial charge in [-0.05, 0) is 171 Å². The molecular weight excluding hydrogens is 1710 g/mol. The van der Waals surface area contributed by atoms with E-state index in [1.54, 1.807) is 79.9 Å². The number of cyclic esters (lactones) is 3. The average Bonchev–Trinajstić information content (AvgIpc) is 1.60. The minimum absolute atomic E-state index is 0.00778. The van der Waals surface area contributed by atoms with Gasteiger partial charge in [0.05, 0.1) is 74.2 Å². The molecule has 4 aliphatic rings. The van der Waals surface area contributed by atoms with Gasteiger partial charge in [-0.1, -0.05) is 166 Å². The Kier molecular flexibility index (Phi) is 45.5. The van der Waals surface area contributed by atoms with E-state index in [9.17, 15) is 86.9 Å². The molecule has 0 aromatic heterocycles. The Labute approximate surface area is 786 Å². The van der Waals surface area contributed by atoms with E-state index in [1.165, 1.54) is 68.5 Å². The predicted molar refractivity (Wildman–Crippen MR) is 500 cm³/mol. The Morgan fingerprint density at radius 2 is 0.872 bits per heavy atom. The Bertz CT molecular complexity index is 4260. The summed E-state index contributed by atoms with van der Waals surface area (Å²) in [5.74, 6) is -15.2. The standard InChI is InChI=1S/C49H79N7O10.C49H78N6O12/c1-14-30(9)41-38(57)25-39(58)52-40(28(6)7)43(59)31(10)44(60)51-35(23-27(4)5)47(63)56-21-15-16-36(56)48(64)55(13)37(24-33-19-17-29(8)18-20-33)49(65)66-32(11)42(46(62)53-41)54-45(61)34(50-12)22-26(2)3;1-14-29(8)40-38(56)25-39(57)67-43(28(6)7)42(58)30(9)44(59)51-35(23-27(4)5)47(62)55-21-15-16-36(55)48(63)54(12)37(24-32-17-19-33(65-13)20-18-32)49(64)66-31(10)41(46(61)52-40)53-45(60)34(50-11)22-26(2)3/h17-20,26-28,30-32,34-38,40-42,50,57H,14-16,21-25H2,1-13H3,(H,51,60)(H,52,58)(H,53,62)(H,54,61);17-20,26-31,34-38,40-41,43,50,56H,14-16,21-25H2,1-13H3,(H,51,59)(H,52,61)(H,53,60)/t30-,31-,32+,34+,35-,36?,37-,38-,40-,41+,42-;29-,30-,31+,34+,35-,36?,37-,38?,40+,41?,43-/m00/s1. The smallest absolute Gasteiger partial charge is 0.329 e. The fraction of sp³-hybridized carbons (Fsp3) is 0.714. The minimum atomic E-state index is -1.55. The minimum Gasteiger partial charge on any atom is -0.497 e. The van der Waals surface area contributed by atoms with Gasteiger partial charge in [-0.25, -0.2) is 9.59 Å². The van der Waals surface area contributed by atoms with Gasteiger partial charge >= 0.3 is 17.9 Å². The van der Waals surface area contributed by atoms with E-state index in [0.717, 1.165) is 5.56 Å². The largest absolute Gasteiger partial charge is 0.497 e. The van der Waals surface area contributed by atoms with Gasteiger partial charge in [-0.2, -0.15) is 0 Å². The summed E-state index contributed by atoms with van der Waals surface area (Å²) in [5, 5.41) is 48.6. The lowest BCUT2D eigenvalue weighted by atomic mass is 9.89. The summed E-state index contributed by atoms with van der Waals surface area (Å²) in [5.41, 5.74) is 2.31. The summed E-state index contributed by atoms with van der Waals surface area (Å²) in [7, 11) is 7.64. The number of nitrogens with one attached hydrogen (secondary N) is 9. The molecule has 35 heteroatoms. The van der Waals surface area contributed by atoms with Crippen LogP contribution in [0.2, 0.25) is 0 Å². The molecule has 0 saturated carbocycles. The number of likely N-dealkylation sites (N-methyl/N-ethyl adjacent to an activating group) is 4. The van der Waals surface area contributed by atoms with Crippen LogP contribution in [0.5, 0.6) is 5.75 Å². The number of rotatable bonds is 25. The molecule has 746 valence electrons. The van der Waals surface area contributed by atoms with Crippen molar-refractivity contribution in [2.45, 2.75) is 344 Å². The number of ketones is 2. The lowest BCUT2D eigenvalue weighted by Gasteiger charge is -2.35. The van der Waals surface area contributed by atoms with E-state index in [-0.39, 0.29) is 75.3 Å². The second-order valence-corrected chi connectivity index (χ2v) is 39.2. The first-order valence-corrected chi connectivity index (χ1v) is 47.7. The molecule has 0 radical (unpaired) electrons. The van der Waals surface area contributed by atoms with Crippen molar-refractivity contribution in [2.75, 3.05) is 48.4 Å². The molecule has 4 unspecified atom stereocenters. The number of hydrogen-bond donors (Lipinski definition) is 11. The molecule has 0 bridgehead atoms. The molecule has 4 saturated heterocycles. The maximum Gasteiger partial charge on any atom is 0.329 e. The van der Waals surface area contributed by atoms with E-state index in [2.05, 4.69) is 47.9 Å². The lowest BCUT2D eigenvalue weighted by molar-refractivity contribution is -0.163. The molecule has 11 amide bonds. The number of amides is 11. The monoisotopic (exact) mass is 1870 g/mol. The summed E-state index contributed by atoms with van der Waals surface area (Å²) in [4.78, 5) is 233. The number of fused-ring (bicyclic) bond motifs is 2. The van der Waals surface area contributed by atoms with Gasteiger partial charge in [0, 0.05) is 40.0 Å². The van der Waals surface area contributed by atoms with Gasteiger partial charge < -0.3 is 96.6 Å². The molecule has 2 aromatic rings. The second-order valence-electron chi connectivity index (χ2n) is 39.2. The molecule has 11 N–H and O–H groups in total. The van der Waals surface area contributed by atoms with Crippen LogP contribution in [0, 0.1) is 66.1 Å². The zero-order valence-corrected chi connectivity index (χ0v) is 83.4. The van der Waals surface area contributed by atoms with Crippen LogP contribution in [-0.4, -0.2) is 282 Å². The van der Waals surface area contributed by atoms with E-state index in [4.69, 9.17) is 18.9 Å². The Balaban J connectivity index is 0.000000470. The molecule has 133 heavy (non-hydrogen) atoms. The average molecular weight is 1870 g/mol. The fourth-order valence-corrected chi connectivity index (χ4v) is 17.2. The van der Waals surface area contributed by atoms with Crippen molar-refractivity contribution in [2.24, 2.45) is 59.2 Å². The van der Waals surface area contributed by atoms with Crippen molar-refractivity contribution in [1.82, 2.24) is 67.5 Å². The molecule has 2 aromatic carbocycles. The van der Waals surface area contributed by atoms with Crippen LogP contribution in [0.1, 0.15) is 232 Å². The van der Waals surface area contributed by atoms with E-state index < -0.39 is 252 Å². The number of methoxy groups -OCH3 is 1. The highest BCUT2D eigenvalue weighted by molar-refractivity contribution is 6.07. The third kappa shape index (κ3) is 32.6. The number of nitrogens with zero attached hydrogens (tertiary/aromatic N) is 4. The van der Waals surface area contributed by atoms with Crippen LogP contribution in [0.15, 0.2) is 48.5 Å². The van der Waals surface area contributed by atoms with Crippen molar-refractivity contribution in [3.63, 3.8) is 0 Å². The number of aryl methyl sites for hydroxylation is 1. The number of carbonyl (C=O) groups is 16. The summed E-state index contributed by atoms with van der Waals surface area (Å²) in [6.45, 7) is 37.1. The van der Waals surface area contributed by atoms with Crippen LogP contribution in [0.4, 0.5) is 0 Å².